The van der Waals surface area contributed by atoms with Gasteiger partial charge in [0.1, 0.15) is 5.75 Å². The molecule has 0 aliphatic heterocycles. The van der Waals surface area contributed by atoms with Crippen LogP contribution in [0.4, 0.5) is 0 Å². The van der Waals surface area contributed by atoms with E-state index in [1.807, 2.05) is 40.0 Å². The molecule has 0 spiro atoms. The summed E-state index contributed by atoms with van der Waals surface area (Å²) in [4.78, 5) is 0. The molecule has 142 valence electrons. The van der Waals surface area contributed by atoms with Gasteiger partial charge in [0, 0.05) is 58.9 Å². The summed E-state index contributed by atoms with van der Waals surface area (Å²) >= 11 is 0. The number of phenols is 1. The average molecular weight is 541 g/mol. The van der Waals surface area contributed by atoms with Gasteiger partial charge in [0.2, 0.25) is 0 Å². The van der Waals surface area contributed by atoms with Gasteiger partial charge in [0.25, 0.3) is 0 Å². The summed E-state index contributed by atoms with van der Waals surface area (Å²) in [7, 11) is 0. The smallest absolute Gasteiger partial charge is 0.115 e. The van der Waals surface area contributed by atoms with Crippen molar-refractivity contribution in [1.82, 2.24) is 19.6 Å². The molecule has 0 aliphatic rings. The molecule has 0 fully saturated rings. The third-order valence-corrected chi connectivity index (χ3v) is 3.66. The van der Waals surface area contributed by atoms with E-state index in [9.17, 15) is 0 Å². The summed E-state index contributed by atoms with van der Waals surface area (Å²) in [6, 6.07) is 20.3. The van der Waals surface area contributed by atoms with Gasteiger partial charge >= 0.3 is 0 Å². The van der Waals surface area contributed by atoms with Crippen LogP contribution in [0.3, 0.4) is 0 Å². The van der Waals surface area contributed by atoms with Crippen molar-refractivity contribution in [2.75, 3.05) is 0 Å². The van der Waals surface area contributed by atoms with Gasteiger partial charge in [-0.2, -0.15) is 34.0 Å². The normalized spacial score (nSPS) is 9.81. The Morgan fingerprint density at radius 1 is 0.852 bits per heavy atom. The maximum Gasteiger partial charge on any atom is 0.115 e. The zero-order chi connectivity index (χ0) is 18.2. The molecule has 5 nitrogen and oxygen atoms in total. The quantitative estimate of drug-likeness (QED) is 0.402. The van der Waals surface area contributed by atoms with Crippen molar-refractivity contribution in [2.24, 2.45) is 0 Å². The number of rotatable bonds is 4. The fourth-order valence-corrected chi connectivity index (χ4v) is 2.61. The van der Waals surface area contributed by atoms with Gasteiger partial charge in [0.05, 0.1) is 0 Å². The summed E-state index contributed by atoms with van der Waals surface area (Å²) in [6.45, 7) is 3.61. The van der Waals surface area contributed by atoms with Crippen LogP contribution in [0.15, 0.2) is 79.4 Å². The number of hydrogen-bond donors (Lipinski definition) is 1. The molecular weight excluding hydrogens is 519 g/mol. The standard InChI is InChI=1S/C15H15N4.C6H6O.Pt/c1-13-8-14(11-18-6-2-4-16-18)10-15(9-13)12-19-7-3-5-17-19;7-6-4-2-1-3-5-6;/h2-9H,11-12H2,1H3;1-5,7H;/q-1;;. The molecule has 0 radical (unpaired) electrons. The first-order valence-corrected chi connectivity index (χ1v) is 8.39. The van der Waals surface area contributed by atoms with E-state index in [1.54, 1.807) is 36.7 Å². The Hall–Kier alpha value is -2.65. The van der Waals surface area contributed by atoms with Crippen molar-refractivity contribution < 1.29 is 26.2 Å². The van der Waals surface area contributed by atoms with E-state index in [1.165, 1.54) is 5.56 Å². The Bertz CT molecular complexity index is 852. The number of aromatic hydroxyl groups is 1. The minimum atomic E-state index is 0. The predicted molar refractivity (Wildman–Crippen MR) is 101 cm³/mol. The Kier molecular flexibility index (Phi) is 8.02. The number of nitrogens with zero attached hydrogens (tertiary/aromatic N) is 4. The summed E-state index contributed by atoms with van der Waals surface area (Å²) in [6.07, 6.45) is 7.51. The van der Waals surface area contributed by atoms with Crippen molar-refractivity contribution >= 4 is 0 Å². The van der Waals surface area contributed by atoms with Crippen LogP contribution in [0.1, 0.15) is 16.7 Å². The van der Waals surface area contributed by atoms with Gasteiger partial charge in [-0.05, 0) is 24.3 Å². The van der Waals surface area contributed by atoms with Gasteiger partial charge < -0.3 is 5.11 Å². The average Bonchev–Trinajstić information content (AvgIpc) is 3.30. The van der Waals surface area contributed by atoms with Crippen LogP contribution >= 0.6 is 0 Å². The number of para-hydroxylation sites is 1. The summed E-state index contributed by atoms with van der Waals surface area (Å²) in [5, 5.41) is 17.1. The van der Waals surface area contributed by atoms with Gasteiger partial charge in [-0.1, -0.05) is 25.1 Å². The second-order valence-corrected chi connectivity index (χ2v) is 5.95. The monoisotopic (exact) mass is 540 g/mol. The topological polar surface area (TPSA) is 55.9 Å². The van der Waals surface area contributed by atoms with Crippen molar-refractivity contribution in [2.45, 2.75) is 20.0 Å². The zero-order valence-corrected chi connectivity index (χ0v) is 17.2. The van der Waals surface area contributed by atoms with Crippen LogP contribution < -0.4 is 0 Å². The molecule has 1 N–H and O–H groups in total. The summed E-state index contributed by atoms with van der Waals surface area (Å²) in [5.74, 6) is 0.322. The van der Waals surface area contributed by atoms with Crippen LogP contribution in [-0.2, 0) is 34.2 Å². The van der Waals surface area contributed by atoms with E-state index in [-0.39, 0.29) is 21.1 Å². The molecule has 2 heterocycles. The fraction of sp³-hybridized carbons (Fsp3) is 0.143. The minimum absolute atomic E-state index is 0. The van der Waals surface area contributed by atoms with Crippen LogP contribution in [-0.4, -0.2) is 24.7 Å². The van der Waals surface area contributed by atoms with Crippen LogP contribution in [0.5, 0.6) is 5.75 Å². The van der Waals surface area contributed by atoms with Crippen molar-refractivity contribution in [3.05, 3.63) is 102 Å². The third-order valence-electron chi connectivity index (χ3n) is 3.66. The predicted octanol–water partition coefficient (Wildman–Crippen LogP) is 3.67. The molecule has 0 atom stereocenters. The molecule has 0 unspecified atom stereocenters. The third kappa shape index (κ3) is 6.87. The van der Waals surface area contributed by atoms with Gasteiger partial charge in [0.15, 0.2) is 0 Å². The van der Waals surface area contributed by atoms with E-state index in [2.05, 4.69) is 35.3 Å². The van der Waals surface area contributed by atoms with Crippen LogP contribution in [0, 0.1) is 13.0 Å². The molecule has 0 amide bonds. The fourth-order valence-electron chi connectivity index (χ4n) is 2.61. The molecule has 27 heavy (non-hydrogen) atoms. The molecule has 2 aromatic carbocycles. The van der Waals surface area contributed by atoms with Gasteiger partial charge in [-0.3, -0.25) is 9.36 Å². The first-order chi connectivity index (χ1) is 12.7. The second kappa shape index (κ2) is 10.5. The number of phenolic OH excluding ortho intramolecular Hbond substituents is 1. The maximum atomic E-state index is 8.63. The maximum absolute atomic E-state index is 8.63. The first kappa shape index (κ1) is 20.7. The molecule has 0 bridgehead atoms. The first-order valence-electron chi connectivity index (χ1n) is 8.39. The Morgan fingerprint density at radius 3 is 1.74 bits per heavy atom. The summed E-state index contributed by atoms with van der Waals surface area (Å²) in [5.41, 5.74) is 3.53. The minimum Gasteiger partial charge on any atom is -0.508 e. The number of benzene rings is 2. The van der Waals surface area contributed by atoms with Gasteiger partial charge in [-0.15, -0.1) is 11.1 Å². The molecular formula is C21H21N4OPt-. The summed E-state index contributed by atoms with van der Waals surface area (Å²) < 4.78 is 3.81. The van der Waals surface area contributed by atoms with Gasteiger partial charge in [-0.25, -0.2) is 0 Å². The SMILES string of the molecule is Cc1cc(Cn2cccn2)[c-]c(Cn2cccn2)c1.Oc1ccccc1.[Pt]. The van der Waals surface area contributed by atoms with E-state index in [0.717, 1.165) is 24.2 Å². The van der Waals surface area contributed by atoms with E-state index in [0.29, 0.717) is 5.75 Å². The molecule has 2 aromatic heterocycles. The number of aryl methyl sites for hydroxylation is 1. The number of hydrogen-bond acceptors (Lipinski definition) is 3. The van der Waals surface area contributed by atoms with Crippen molar-refractivity contribution in [3.63, 3.8) is 0 Å². The van der Waals surface area contributed by atoms with E-state index < -0.39 is 0 Å². The zero-order valence-electron chi connectivity index (χ0n) is 15.0. The largest absolute Gasteiger partial charge is 0.508 e. The van der Waals surface area contributed by atoms with E-state index in [4.69, 9.17) is 5.11 Å². The molecule has 4 aromatic rings. The van der Waals surface area contributed by atoms with E-state index >= 15 is 0 Å². The molecule has 6 heteroatoms. The van der Waals surface area contributed by atoms with Crippen LogP contribution in [0.25, 0.3) is 0 Å². The molecule has 0 aliphatic carbocycles. The molecule has 4 rings (SSSR count). The Labute approximate surface area is 173 Å². The Balaban J connectivity index is 0.000000278. The molecule has 0 saturated carbocycles. The van der Waals surface area contributed by atoms with Crippen LogP contribution in [0.2, 0.25) is 0 Å². The van der Waals surface area contributed by atoms with Crippen molar-refractivity contribution in [3.8, 4) is 5.75 Å². The second-order valence-electron chi connectivity index (χ2n) is 5.95. The molecule has 0 saturated heterocycles. The van der Waals surface area contributed by atoms with Crippen molar-refractivity contribution in [1.29, 1.82) is 0 Å². The number of aromatic nitrogens is 4. The Morgan fingerprint density at radius 2 is 1.37 bits per heavy atom.